The number of hydrogen-bond acceptors (Lipinski definition) is 2. The maximum absolute atomic E-state index is 6.36. The molecule has 210 valence electrons. The number of rotatable bonds is 6. The molecule has 0 aliphatic heterocycles. The van der Waals surface area contributed by atoms with Crippen molar-refractivity contribution in [1.82, 2.24) is 9.88 Å². The molecule has 2 heterocycles. The molecule has 0 unspecified atom stereocenters. The summed E-state index contributed by atoms with van der Waals surface area (Å²) in [5.74, 6) is 0.867. The van der Waals surface area contributed by atoms with Gasteiger partial charge in [0.1, 0.15) is 17.0 Å². The summed E-state index contributed by atoms with van der Waals surface area (Å²) >= 11 is 0. The molecule has 0 amide bonds. The number of nitrogens with zero attached hydrogens (tertiary/aromatic N) is 2. The van der Waals surface area contributed by atoms with Crippen LogP contribution in [0.4, 0.5) is 0 Å². The number of aromatic nitrogens is 1. The Kier molecular flexibility index (Phi) is 6.88. The van der Waals surface area contributed by atoms with Crippen LogP contribution in [-0.4, -0.2) is 17.5 Å². The van der Waals surface area contributed by atoms with Crippen molar-refractivity contribution in [3.63, 3.8) is 0 Å². The van der Waals surface area contributed by atoms with Gasteiger partial charge in [0.05, 0.1) is 11.0 Å². The molecule has 0 atom stereocenters. The van der Waals surface area contributed by atoms with Gasteiger partial charge in [-0.25, -0.2) is 0 Å². The molecular weight excluding hydrogens is 526 g/mol. The highest BCUT2D eigenvalue weighted by Crippen LogP contribution is 2.37. The molecule has 4 heteroatoms. The maximum Gasteiger partial charge on any atom is 0.135 e. The highest BCUT2D eigenvalue weighted by molar-refractivity contribution is 6.12. The number of hydrogen-bond donors (Lipinski definition) is 1. The third kappa shape index (κ3) is 4.61. The Balaban J connectivity index is 1.37. The third-order valence-electron chi connectivity index (χ3n) is 8.20. The molecule has 2 aromatic heterocycles. The van der Waals surface area contributed by atoms with E-state index in [1.54, 1.807) is 0 Å². The van der Waals surface area contributed by atoms with Gasteiger partial charge in [0, 0.05) is 46.4 Å². The van der Waals surface area contributed by atoms with Crippen LogP contribution in [0.5, 0.6) is 0 Å². The number of allylic oxidation sites excluding steroid dienone is 2. The van der Waals surface area contributed by atoms with Gasteiger partial charge in [-0.05, 0) is 73.0 Å². The summed E-state index contributed by atoms with van der Waals surface area (Å²) in [4.78, 5) is 4.51. The Morgan fingerprint density at radius 1 is 0.744 bits per heavy atom. The Labute approximate surface area is 251 Å². The molecule has 7 rings (SSSR count). The first kappa shape index (κ1) is 26.5. The van der Waals surface area contributed by atoms with E-state index in [4.69, 9.17) is 4.42 Å². The van der Waals surface area contributed by atoms with Crippen molar-refractivity contribution >= 4 is 49.6 Å². The standard InChI is InChI=1S/C39H33N3O/c1-4-12-26(5-2)39(40-3)41-25-29-15-11-18-37-38(29)33-24-30(20-22-36(33)43-37)42-34-17-10-9-16-31(34)32-23-28(19-21-35(32)42)27-13-7-6-8-14-27/h4-24H,25H2,1-3H3,(H,40,41)/b12-4-,26-5+. The number of fused-ring (bicyclic) bond motifs is 6. The van der Waals surface area contributed by atoms with Crippen molar-refractivity contribution in [3.05, 3.63) is 139 Å². The van der Waals surface area contributed by atoms with Crippen LogP contribution in [0.15, 0.2) is 142 Å². The topological polar surface area (TPSA) is 42.5 Å². The molecule has 43 heavy (non-hydrogen) atoms. The lowest BCUT2D eigenvalue weighted by atomic mass is 10.0. The second-order valence-electron chi connectivity index (χ2n) is 10.7. The smallest absolute Gasteiger partial charge is 0.135 e. The van der Waals surface area contributed by atoms with Gasteiger partial charge in [-0.2, -0.15) is 0 Å². The van der Waals surface area contributed by atoms with Crippen molar-refractivity contribution in [3.8, 4) is 16.8 Å². The van der Waals surface area contributed by atoms with E-state index in [1.165, 1.54) is 38.5 Å². The zero-order valence-corrected chi connectivity index (χ0v) is 24.6. The molecule has 0 bridgehead atoms. The van der Waals surface area contributed by atoms with E-state index in [0.717, 1.165) is 39.0 Å². The lowest BCUT2D eigenvalue weighted by Crippen LogP contribution is -2.24. The van der Waals surface area contributed by atoms with Gasteiger partial charge in [-0.3, -0.25) is 4.99 Å². The molecule has 1 N–H and O–H groups in total. The zero-order valence-electron chi connectivity index (χ0n) is 24.6. The molecule has 0 spiro atoms. The molecule has 0 aliphatic carbocycles. The SMILES string of the molecule is C/C=C\C(=C/C)C(=NC)NCc1cccc2oc3ccc(-n4c5ccccc5c5cc(-c6ccccc6)ccc54)cc3c12. The van der Waals surface area contributed by atoms with E-state index < -0.39 is 0 Å². The molecule has 0 fully saturated rings. The van der Waals surface area contributed by atoms with E-state index in [1.807, 2.05) is 27.0 Å². The highest BCUT2D eigenvalue weighted by Gasteiger charge is 2.17. The van der Waals surface area contributed by atoms with Crippen LogP contribution in [-0.2, 0) is 6.54 Å². The molecule has 0 radical (unpaired) electrons. The van der Waals surface area contributed by atoms with E-state index in [0.29, 0.717) is 6.54 Å². The van der Waals surface area contributed by atoms with Crippen LogP contribution in [0.1, 0.15) is 19.4 Å². The molecule has 0 saturated carbocycles. The van der Waals surface area contributed by atoms with Gasteiger partial charge >= 0.3 is 0 Å². The average Bonchev–Trinajstić information content (AvgIpc) is 3.60. The fourth-order valence-electron chi connectivity index (χ4n) is 6.22. The summed E-state index contributed by atoms with van der Waals surface area (Å²) in [5.41, 5.74) is 9.91. The van der Waals surface area contributed by atoms with Crippen molar-refractivity contribution in [2.45, 2.75) is 20.4 Å². The summed E-state index contributed by atoms with van der Waals surface area (Å²) in [6, 6.07) is 38.9. The zero-order chi connectivity index (χ0) is 29.3. The summed E-state index contributed by atoms with van der Waals surface area (Å²) in [6.45, 7) is 4.69. The number of nitrogens with one attached hydrogen (secondary N) is 1. The van der Waals surface area contributed by atoms with Crippen molar-refractivity contribution in [2.24, 2.45) is 4.99 Å². The summed E-state index contributed by atoms with van der Waals surface area (Å²) in [6.07, 6.45) is 6.18. The monoisotopic (exact) mass is 559 g/mol. The van der Waals surface area contributed by atoms with Gasteiger partial charge in [-0.15, -0.1) is 0 Å². The van der Waals surface area contributed by atoms with Gasteiger partial charge in [-0.1, -0.05) is 85.0 Å². The number of aliphatic imine (C=N–C) groups is 1. The Hall–Kier alpha value is -5.35. The largest absolute Gasteiger partial charge is 0.456 e. The quantitative estimate of drug-likeness (QED) is 0.125. The first-order chi connectivity index (χ1) is 21.2. The fraction of sp³-hybridized carbons (Fsp3) is 0.103. The van der Waals surface area contributed by atoms with Crippen LogP contribution in [0, 0.1) is 0 Å². The third-order valence-corrected chi connectivity index (χ3v) is 8.20. The lowest BCUT2D eigenvalue weighted by Gasteiger charge is -2.12. The predicted octanol–water partition coefficient (Wildman–Crippen LogP) is 9.99. The van der Waals surface area contributed by atoms with Crippen LogP contribution in [0.25, 0.3) is 60.6 Å². The van der Waals surface area contributed by atoms with Crippen LogP contribution in [0.3, 0.4) is 0 Å². The van der Waals surface area contributed by atoms with Gasteiger partial charge < -0.3 is 14.3 Å². The number of para-hydroxylation sites is 1. The van der Waals surface area contributed by atoms with Crippen LogP contribution >= 0.6 is 0 Å². The van der Waals surface area contributed by atoms with Crippen molar-refractivity contribution in [1.29, 1.82) is 0 Å². The Morgan fingerprint density at radius 3 is 2.37 bits per heavy atom. The van der Waals surface area contributed by atoms with Gasteiger partial charge in [0.2, 0.25) is 0 Å². The minimum Gasteiger partial charge on any atom is -0.456 e. The Morgan fingerprint density at radius 2 is 1.56 bits per heavy atom. The molecule has 4 nitrogen and oxygen atoms in total. The van der Waals surface area contributed by atoms with Crippen LogP contribution in [0.2, 0.25) is 0 Å². The number of benzene rings is 5. The Bertz CT molecular complexity index is 2210. The fourth-order valence-corrected chi connectivity index (χ4v) is 6.22. The summed E-state index contributed by atoms with van der Waals surface area (Å²) in [5, 5.41) is 8.27. The summed E-state index contributed by atoms with van der Waals surface area (Å²) in [7, 11) is 1.82. The first-order valence-corrected chi connectivity index (χ1v) is 14.7. The molecular formula is C39H33N3O. The minimum absolute atomic E-state index is 0.634. The van der Waals surface area contributed by atoms with E-state index in [2.05, 4.69) is 136 Å². The minimum atomic E-state index is 0.634. The van der Waals surface area contributed by atoms with Crippen molar-refractivity contribution in [2.75, 3.05) is 7.05 Å². The van der Waals surface area contributed by atoms with E-state index in [-0.39, 0.29) is 0 Å². The second-order valence-corrected chi connectivity index (χ2v) is 10.7. The van der Waals surface area contributed by atoms with E-state index in [9.17, 15) is 0 Å². The molecule has 0 saturated heterocycles. The van der Waals surface area contributed by atoms with Crippen LogP contribution < -0.4 is 5.32 Å². The summed E-state index contributed by atoms with van der Waals surface area (Å²) < 4.78 is 8.73. The van der Waals surface area contributed by atoms with E-state index >= 15 is 0 Å². The lowest BCUT2D eigenvalue weighted by molar-refractivity contribution is 0.668. The second kappa shape index (κ2) is 11.1. The van der Waals surface area contributed by atoms with Gasteiger partial charge in [0.15, 0.2) is 0 Å². The van der Waals surface area contributed by atoms with Crippen molar-refractivity contribution < 1.29 is 4.42 Å². The normalized spacial score (nSPS) is 12.8. The molecule has 5 aromatic carbocycles. The highest BCUT2D eigenvalue weighted by atomic mass is 16.3. The molecule has 0 aliphatic rings. The average molecular weight is 560 g/mol. The van der Waals surface area contributed by atoms with Gasteiger partial charge in [0.25, 0.3) is 0 Å². The number of amidine groups is 1. The predicted molar refractivity (Wildman–Crippen MR) is 182 cm³/mol. The first-order valence-electron chi connectivity index (χ1n) is 14.7. The maximum atomic E-state index is 6.36. The number of furan rings is 1. The molecule has 7 aromatic rings.